The lowest BCUT2D eigenvalue weighted by Crippen LogP contribution is -2.60. The molecule has 0 bridgehead atoms. The van der Waals surface area contributed by atoms with Crippen molar-refractivity contribution in [3.05, 3.63) is 27.7 Å². The van der Waals surface area contributed by atoms with Crippen molar-refractivity contribution in [2.24, 2.45) is 0 Å². The number of rotatable bonds is 3. The molecule has 1 aliphatic rings. The highest BCUT2D eigenvalue weighted by atomic mass is 79.9. The second-order valence-electron chi connectivity index (χ2n) is 5.27. The molecular weight excluding hydrogens is 394 g/mol. The molecule has 0 radical (unpaired) electrons. The summed E-state index contributed by atoms with van der Waals surface area (Å²) in [6.45, 7) is -0.530. The lowest BCUT2D eigenvalue weighted by molar-refractivity contribution is -0.278. The highest BCUT2D eigenvalue weighted by Crippen LogP contribution is 2.36. The van der Waals surface area contributed by atoms with Gasteiger partial charge in [0.05, 0.1) is 6.61 Å². The number of nitrogens with one attached hydrogen (secondary N) is 1. The Labute approximate surface area is 144 Å². The highest BCUT2D eigenvalue weighted by molar-refractivity contribution is 9.10. The predicted molar refractivity (Wildman–Crippen MR) is 85.4 cm³/mol. The van der Waals surface area contributed by atoms with Crippen LogP contribution >= 0.6 is 27.5 Å². The van der Waals surface area contributed by atoms with Crippen molar-refractivity contribution in [1.82, 2.24) is 4.98 Å². The number of aliphatic hydroxyl groups is 4. The summed E-state index contributed by atoms with van der Waals surface area (Å²) in [7, 11) is 0. The Morgan fingerprint density at radius 2 is 1.96 bits per heavy atom. The first kappa shape index (κ1) is 17.0. The monoisotopic (exact) mass is 407 g/mol. The van der Waals surface area contributed by atoms with Gasteiger partial charge in [-0.25, -0.2) is 0 Å². The number of hydrogen-bond donors (Lipinski definition) is 5. The number of aromatic amines is 1. The van der Waals surface area contributed by atoms with Crippen LogP contribution in [0.1, 0.15) is 0 Å². The fourth-order valence-electron chi connectivity index (χ4n) is 2.47. The van der Waals surface area contributed by atoms with E-state index in [1.54, 1.807) is 12.1 Å². The van der Waals surface area contributed by atoms with E-state index in [2.05, 4.69) is 20.9 Å². The molecule has 126 valence electrons. The van der Waals surface area contributed by atoms with Crippen molar-refractivity contribution in [3.8, 4) is 5.88 Å². The van der Waals surface area contributed by atoms with Gasteiger partial charge < -0.3 is 34.9 Å². The van der Waals surface area contributed by atoms with Crippen LogP contribution in [0.3, 0.4) is 0 Å². The predicted octanol–water partition coefficient (Wildman–Crippen LogP) is 0.762. The molecule has 0 spiro atoms. The molecule has 2 heterocycles. The van der Waals surface area contributed by atoms with Gasteiger partial charge in [-0.05, 0) is 18.2 Å². The number of ether oxygens (including phenoxy) is 2. The second-order valence-corrected chi connectivity index (χ2v) is 6.57. The molecule has 7 nitrogen and oxygen atoms in total. The lowest BCUT2D eigenvalue weighted by atomic mass is 9.99. The van der Waals surface area contributed by atoms with Crippen LogP contribution in [0, 0.1) is 0 Å². The molecule has 0 saturated carbocycles. The van der Waals surface area contributed by atoms with Crippen molar-refractivity contribution in [1.29, 1.82) is 0 Å². The van der Waals surface area contributed by atoms with E-state index < -0.39 is 37.3 Å². The summed E-state index contributed by atoms with van der Waals surface area (Å²) in [6, 6.07) is 5.42. The Morgan fingerprint density at radius 1 is 1.22 bits per heavy atom. The first-order valence-corrected chi connectivity index (χ1v) is 8.03. The van der Waals surface area contributed by atoms with Crippen LogP contribution in [-0.2, 0) is 4.74 Å². The number of hydrogen-bond acceptors (Lipinski definition) is 6. The second kappa shape index (κ2) is 6.56. The molecule has 1 aliphatic heterocycles. The molecule has 5 N–H and O–H groups in total. The first-order valence-electron chi connectivity index (χ1n) is 6.86. The summed E-state index contributed by atoms with van der Waals surface area (Å²) in [5.41, 5.74) is 0.720. The minimum Gasteiger partial charge on any atom is -0.445 e. The van der Waals surface area contributed by atoms with Crippen molar-refractivity contribution < 1.29 is 29.9 Å². The van der Waals surface area contributed by atoms with Gasteiger partial charge >= 0.3 is 0 Å². The van der Waals surface area contributed by atoms with Crippen LogP contribution in [0.4, 0.5) is 0 Å². The van der Waals surface area contributed by atoms with Gasteiger partial charge in [-0.3, -0.25) is 0 Å². The van der Waals surface area contributed by atoms with Crippen LogP contribution in [0.5, 0.6) is 5.88 Å². The van der Waals surface area contributed by atoms with Crippen molar-refractivity contribution in [3.63, 3.8) is 0 Å². The Balaban J connectivity index is 1.87. The molecule has 2 aromatic rings. The van der Waals surface area contributed by atoms with Crippen LogP contribution in [0.15, 0.2) is 22.7 Å². The molecule has 0 amide bonds. The summed E-state index contributed by atoms with van der Waals surface area (Å²) in [4.78, 5) is 2.95. The lowest BCUT2D eigenvalue weighted by Gasteiger charge is -2.39. The van der Waals surface area contributed by atoms with Crippen molar-refractivity contribution in [2.45, 2.75) is 30.7 Å². The SMILES string of the molecule is OC[C@H]1OC(Oc2[nH]c3ccc(Br)cc3c2Cl)[C@H](O)[C@@H](O)[C@@H]1O. The molecule has 1 unspecified atom stereocenters. The van der Waals surface area contributed by atoms with Crippen molar-refractivity contribution in [2.75, 3.05) is 6.61 Å². The molecule has 1 saturated heterocycles. The topological polar surface area (TPSA) is 115 Å². The van der Waals surface area contributed by atoms with Crippen LogP contribution in [0.25, 0.3) is 10.9 Å². The van der Waals surface area contributed by atoms with Crippen LogP contribution in [-0.4, -0.2) is 62.7 Å². The van der Waals surface area contributed by atoms with Gasteiger partial charge in [0.1, 0.15) is 29.4 Å². The largest absolute Gasteiger partial charge is 0.445 e. The zero-order chi connectivity index (χ0) is 16.7. The first-order chi connectivity index (χ1) is 10.9. The van der Waals surface area contributed by atoms with E-state index in [0.29, 0.717) is 10.4 Å². The minimum absolute atomic E-state index is 0.157. The summed E-state index contributed by atoms with van der Waals surface area (Å²) in [5, 5.41) is 39.7. The van der Waals surface area contributed by atoms with Crippen LogP contribution < -0.4 is 4.74 Å². The summed E-state index contributed by atoms with van der Waals surface area (Å²) in [6.07, 6.45) is -6.79. The third-order valence-electron chi connectivity index (χ3n) is 3.75. The standard InChI is InChI=1S/C14H15BrClNO6/c15-5-1-2-7-6(3-5)9(16)13(17-7)23-14-12(21)11(20)10(19)8(4-18)22-14/h1-3,8,10-12,14,17-21H,4H2/t8-,10-,11+,12-,14?/m1/s1. The fourth-order valence-corrected chi connectivity index (χ4v) is 3.08. The van der Waals surface area contributed by atoms with E-state index in [-0.39, 0.29) is 5.88 Å². The summed E-state index contributed by atoms with van der Waals surface area (Å²) < 4.78 is 11.6. The van der Waals surface area contributed by atoms with Gasteiger partial charge in [-0.15, -0.1) is 0 Å². The zero-order valence-electron chi connectivity index (χ0n) is 11.7. The van der Waals surface area contributed by atoms with E-state index in [1.165, 1.54) is 0 Å². The van der Waals surface area contributed by atoms with Gasteiger partial charge in [-0.2, -0.15) is 0 Å². The molecule has 9 heteroatoms. The van der Waals surface area contributed by atoms with E-state index in [0.717, 1.165) is 9.99 Å². The van der Waals surface area contributed by atoms with Gasteiger partial charge in [0, 0.05) is 15.4 Å². The molecule has 1 aromatic carbocycles. The van der Waals surface area contributed by atoms with Gasteiger partial charge in [0.15, 0.2) is 0 Å². The normalized spacial score (nSPS) is 31.5. The summed E-state index contributed by atoms with van der Waals surface area (Å²) in [5.74, 6) is 0.157. The Bertz CT molecular complexity index is 708. The van der Waals surface area contributed by atoms with Crippen LogP contribution in [0.2, 0.25) is 5.02 Å². The van der Waals surface area contributed by atoms with Gasteiger partial charge in [0.25, 0.3) is 0 Å². The van der Waals surface area contributed by atoms with Crippen molar-refractivity contribution >= 4 is 38.4 Å². The van der Waals surface area contributed by atoms with E-state index in [1.807, 2.05) is 6.07 Å². The number of H-pyrrole nitrogens is 1. The van der Waals surface area contributed by atoms with Gasteiger partial charge in [0.2, 0.25) is 12.2 Å². The smallest absolute Gasteiger partial charge is 0.231 e. The highest BCUT2D eigenvalue weighted by Gasteiger charge is 2.45. The zero-order valence-corrected chi connectivity index (χ0v) is 14.0. The maximum absolute atomic E-state index is 9.99. The minimum atomic E-state index is -1.51. The number of benzene rings is 1. The number of aliphatic hydroxyl groups excluding tert-OH is 4. The molecule has 3 rings (SSSR count). The third-order valence-corrected chi connectivity index (χ3v) is 4.62. The Hall–Kier alpha value is -0.870. The number of aromatic nitrogens is 1. The number of halogens is 2. The van der Waals surface area contributed by atoms with Gasteiger partial charge in [-0.1, -0.05) is 27.5 Å². The molecular formula is C14H15BrClNO6. The molecule has 1 fully saturated rings. The number of fused-ring (bicyclic) bond motifs is 1. The summed E-state index contributed by atoms with van der Waals surface area (Å²) >= 11 is 9.60. The van der Waals surface area contributed by atoms with E-state index in [9.17, 15) is 20.4 Å². The molecule has 0 aliphatic carbocycles. The Morgan fingerprint density at radius 3 is 2.65 bits per heavy atom. The maximum atomic E-state index is 9.99. The average molecular weight is 409 g/mol. The quantitative estimate of drug-likeness (QED) is 0.512. The Kier molecular flexibility index (Phi) is 4.84. The molecule has 5 atom stereocenters. The molecule has 23 heavy (non-hydrogen) atoms. The molecule has 1 aromatic heterocycles. The van der Waals surface area contributed by atoms with E-state index >= 15 is 0 Å². The third kappa shape index (κ3) is 3.08. The average Bonchev–Trinajstić information content (AvgIpc) is 2.84. The maximum Gasteiger partial charge on any atom is 0.231 e. The fraction of sp³-hybridized carbons (Fsp3) is 0.429. The van der Waals surface area contributed by atoms with E-state index in [4.69, 9.17) is 21.1 Å².